The lowest BCUT2D eigenvalue weighted by Gasteiger charge is -2.05. The second-order valence-corrected chi connectivity index (χ2v) is 3.35. The number of thiocarbonyl (C=S) groups is 1. The van der Waals surface area contributed by atoms with E-state index in [0.29, 0.717) is 4.99 Å². The molecule has 0 spiro atoms. The highest BCUT2D eigenvalue weighted by Gasteiger charge is 2.01. The maximum Gasteiger partial charge on any atom is 0.322 e. The number of aliphatic carboxylic acids is 1. The largest absolute Gasteiger partial charge is 0.480 e. The molecule has 1 aromatic rings. The molecule has 2 N–H and O–H groups in total. The van der Waals surface area contributed by atoms with Gasteiger partial charge in [0, 0.05) is 5.56 Å². The van der Waals surface area contributed by atoms with Crippen LogP contribution in [0.5, 0.6) is 0 Å². The van der Waals surface area contributed by atoms with Gasteiger partial charge in [-0.25, -0.2) is 0 Å². The van der Waals surface area contributed by atoms with Gasteiger partial charge in [0.05, 0.1) is 0 Å². The number of nitrogens with one attached hydrogen (secondary N) is 1. The van der Waals surface area contributed by atoms with Crippen LogP contribution in [0, 0.1) is 6.92 Å². The van der Waals surface area contributed by atoms with E-state index in [1.807, 2.05) is 31.2 Å². The Labute approximate surface area is 87.8 Å². The Balaban J connectivity index is 2.61. The van der Waals surface area contributed by atoms with Crippen molar-refractivity contribution in [2.75, 3.05) is 6.54 Å². The van der Waals surface area contributed by atoms with Gasteiger partial charge in [-0.1, -0.05) is 42.0 Å². The molecule has 14 heavy (non-hydrogen) atoms. The summed E-state index contributed by atoms with van der Waals surface area (Å²) in [5.41, 5.74) is 1.99. The van der Waals surface area contributed by atoms with E-state index in [4.69, 9.17) is 17.3 Å². The smallest absolute Gasteiger partial charge is 0.322 e. The van der Waals surface area contributed by atoms with E-state index in [-0.39, 0.29) is 6.54 Å². The normalized spacial score (nSPS) is 9.50. The number of rotatable bonds is 3. The second-order valence-electron chi connectivity index (χ2n) is 2.94. The minimum atomic E-state index is -0.917. The minimum Gasteiger partial charge on any atom is -0.480 e. The monoisotopic (exact) mass is 209 g/mol. The maximum absolute atomic E-state index is 10.3. The summed E-state index contributed by atoms with van der Waals surface area (Å²) in [6.07, 6.45) is 0. The Morgan fingerprint density at radius 2 is 2.00 bits per heavy atom. The van der Waals surface area contributed by atoms with Crippen molar-refractivity contribution >= 4 is 23.2 Å². The van der Waals surface area contributed by atoms with Gasteiger partial charge in [-0.05, 0) is 6.92 Å². The third-order valence-corrected chi connectivity index (χ3v) is 2.09. The predicted molar refractivity (Wildman–Crippen MR) is 58.5 cm³/mol. The van der Waals surface area contributed by atoms with Crippen LogP contribution in [-0.2, 0) is 4.79 Å². The van der Waals surface area contributed by atoms with Crippen LogP contribution in [0.2, 0.25) is 0 Å². The van der Waals surface area contributed by atoms with Crippen molar-refractivity contribution in [2.45, 2.75) is 6.92 Å². The molecule has 0 aliphatic carbocycles. The van der Waals surface area contributed by atoms with Gasteiger partial charge >= 0.3 is 5.97 Å². The van der Waals surface area contributed by atoms with Crippen molar-refractivity contribution in [3.05, 3.63) is 35.4 Å². The lowest BCUT2D eigenvalue weighted by atomic mass is 10.1. The van der Waals surface area contributed by atoms with Crippen LogP contribution in [0.1, 0.15) is 11.1 Å². The van der Waals surface area contributed by atoms with Crippen LogP contribution in [0.25, 0.3) is 0 Å². The fourth-order valence-corrected chi connectivity index (χ4v) is 1.17. The molecule has 0 atom stereocenters. The molecule has 1 aromatic carbocycles. The van der Waals surface area contributed by atoms with E-state index in [9.17, 15) is 4.79 Å². The second kappa shape index (κ2) is 4.72. The van der Waals surface area contributed by atoms with Gasteiger partial charge in [-0.15, -0.1) is 0 Å². The molecule has 3 nitrogen and oxygen atoms in total. The van der Waals surface area contributed by atoms with Crippen LogP contribution in [0.3, 0.4) is 0 Å². The Hall–Kier alpha value is -1.42. The first-order valence-electron chi connectivity index (χ1n) is 4.16. The van der Waals surface area contributed by atoms with Gasteiger partial charge in [-0.3, -0.25) is 4.79 Å². The molecule has 0 amide bonds. The Bertz CT molecular complexity index is 346. The number of hydrogen-bond acceptors (Lipinski definition) is 2. The van der Waals surface area contributed by atoms with Gasteiger partial charge in [-0.2, -0.15) is 0 Å². The van der Waals surface area contributed by atoms with Gasteiger partial charge < -0.3 is 10.4 Å². The molecule has 0 fully saturated rings. The number of carboxylic acids is 1. The average molecular weight is 209 g/mol. The van der Waals surface area contributed by atoms with E-state index in [0.717, 1.165) is 11.1 Å². The lowest BCUT2D eigenvalue weighted by Crippen LogP contribution is -2.28. The summed E-state index contributed by atoms with van der Waals surface area (Å²) in [4.78, 5) is 10.7. The summed E-state index contributed by atoms with van der Waals surface area (Å²) in [5.74, 6) is -0.917. The first-order valence-corrected chi connectivity index (χ1v) is 4.57. The molecule has 0 unspecified atom stereocenters. The van der Waals surface area contributed by atoms with E-state index >= 15 is 0 Å². The molecule has 0 bridgehead atoms. The van der Waals surface area contributed by atoms with Crippen LogP contribution in [-0.4, -0.2) is 22.6 Å². The number of carbonyl (C=O) groups is 1. The number of aryl methyl sites for hydroxylation is 1. The molecule has 4 heteroatoms. The third kappa shape index (κ3) is 3.14. The van der Waals surface area contributed by atoms with E-state index in [1.165, 1.54) is 0 Å². The number of carboxylic acid groups (broad SMARTS) is 1. The molecular formula is C10H11NO2S. The van der Waals surface area contributed by atoms with Gasteiger partial charge in [0.25, 0.3) is 0 Å². The molecular weight excluding hydrogens is 198 g/mol. The summed E-state index contributed by atoms with van der Waals surface area (Å²) in [6, 6.07) is 7.60. The Morgan fingerprint density at radius 1 is 1.43 bits per heavy atom. The molecule has 1 rings (SSSR count). The van der Waals surface area contributed by atoms with Gasteiger partial charge in [0.15, 0.2) is 0 Å². The summed E-state index contributed by atoms with van der Waals surface area (Å²) < 4.78 is 0. The lowest BCUT2D eigenvalue weighted by molar-refractivity contribution is -0.135. The quantitative estimate of drug-likeness (QED) is 0.738. The van der Waals surface area contributed by atoms with E-state index in [2.05, 4.69) is 5.32 Å². The van der Waals surface area contributed by atoms with Crippen molar-refractivity contribution in [1.29, 1.82) is 0 Å². The van der Waals surface area contributed by atoms with Crippen LogP contribution < -0.4 is 5.32 Å². The Morgan fingerprint density at radius 3 is 2.50 bits per heavy atom. The minimum absolute atomic E-state index is 0.146. The third-order valence-electron chi connectivity index (χ3n) is 1.71. The summed E-state index contributed by atoms with van der Waals surface area (Å²) in [6.45, 7) is 1.84. The molecule has 0 heterocycles. The predicted octanol–water partition coefficient (Wildman–Crippen LogP) is 1.34. The topological polar surface area (TPSA) is 49.3 Å². The molecule has 0 saturated heterocycles. The average Bonchev–Trinajstić information content (AvgIpc) is 2.15. The van der Waals surface area contributed by atoms with Crippen molar-refractivity contribution in [3.63, 3.8) is 0 Å². The molecule has 0 aromatic heterocycles. The fourth-order valence-electron chi connectivity index (χ4n) is 0.963. The zero-order valence-corrected chi connectivity index (χ0v) is 8.60. The van der Waals surface area contributed by atoms with Crippen LogP contribution in [0.15, 0.2) is 24.3 Å². The molecule has 0 aliphatic heterocycles. The zero-order valence-electron chi connectivity index (χ0n) is 7.78. The first kappa shape index (κ1) is 10.7. The number of benzene rings is 1. The van der Waals surface area contributed by atoms with Crippen LogP contribution in [0.4, 0.5) is 0 Å². The molecule has 0 saturated carbocycles. The van der Waals surface area contributed by atoms with Gasteiger partial charge in [0.2, 0.25) is 0 Å². The fraction of sp³-hybridized carbons (Fsp3) is 0.200. The van der Waals surface area contributed by atoms with Crippen molar-refractivity contribution in [1.82, 2.24) is 5.32 Å². The standard InChI is InChI=1S/C10H11NO2S/c1-7-2-4-8(5-3-7)10(14)11-6-9(12)13/h2-5H,6H2,1H3,(H,11,14)(H,12,13). The van der Waals surface area contributed by atoms with Crippen molar-refractivity contribution in [3.8, 4) is 0 Å². The SMILES string of the molecule is Cc1ccc(C(=S)NCC(=O)O)cc1. The summed E-state index contributed by atoms with van der Waals surface area (Å²) in [7, 11) is 0. The number of hydrogen-bond donors (Lipinski definition) is 2. The molecule has 74 valence electrons. The van der Waals surface area contributed by atoms with Crippen LogP contribution >= 0.6 is 12.2 Å². The van der Waals surface area contributed by atoms with Gasteiger partial charge in [0.1, 0.15) is 11.5 Å². The molecule has 0 radical (unpaired) electrons. The van der Waals surface area contributed by atoms with E-state index < -0.39 is 5.97 Å². The first-order chi connectivity index (χ1) is 6.59. The molecule has 0 aliphatic rings. The maximum atomic E-state index is 10.3. The van der Waals surface area contributed by atoms with E-state index in [1.54, 1.807) is 0 Å². The summed E-state index contributed by atoms with van der Waals surface area (Å²) >= 11 is 5.01. The highest BCUT2D eigenvalue weighted by molar-refractivity contribution is 7.80. The van der Waals surface area contributed by atoms with Crippen molar-refractivity contribution < 1.29 is 9.90 Å². The highest BCUT2D eigenvalue weighted by atomic mass is 32.1. The Kier molecular flexibility index (Phi) is 3.59. The summed E-state index contributed by atoms with van der Waals surface area (Å²) in [5, 5.41) is 11.1. The highest BCUT2D eigenvalue weighted by Crippen LogP contribution is 2.03. The van der Waals surface area contributed by atoms with Crippen molar-refractivity contribution in [2.24, 2.45) is 0 Å². The zero-order chi connectivity index (χ0) is 10.6.